The predicted octanol–water partition coefficient (Wildman–Crippen LogP) is 4.41. The molecule has 1 aliphatic heterocycles. The summed E-state index contributed by atoms with van der Waals surface area (Å²) in [4.78, 5) is 25.1. The van der Waals surface area contributed by atoms with Crippen LogP contribution in [0.5, 0.6) is 0 Å². The molecular formula is C21H21FN4O2S2. The lowest BCUT2D eigenvalue weighted by Crippen LogP contribution is -2.22. The van der Waals surface area contributed by atoms with Crippen LogP contribution in [-0.2, 0) is 4.74 Å². The van der Waals surface area contributed by atoms with Gasteiger partial charge < -0.3 is 15.0 Å². The van der Waals surface area contributed by atoms with Crippen LogP contribution in [0.1, 0.15) is 27.6 Å². The van der Waals surface area contributed by atoms with Gasteiger partial charge >= 0.3 is 0 Å². The number of aromatic nitrogens is 1. The smallest absolute Gasteiger partial charge is 0.267 e. The van der Waals surface area contributed by atoms with Crippen molar-refractivity contribution in [1.29, 1.82) is 0 Å². The van der Waals surface area contributed by atoms with E-state index in [1.54, 1.807) is 36.8 Å². The number of ether oxygens (including phenoxy) is 1. The summed E-state index contributed by atoms with van der Waals surface area (Å²) in [5.41, 5.74) is 0.998. The second kappa shape index (κ2) is 9.03. The number of allylic oxidation sites excluding steroid dienone is 1. The summed E-state index contributed by atoms with van der Waals surface area (Å²) in [6.07, 6.45) is 4.38. The number of anilines is 1. The molecule has 0 spiro atoms. The van der Waals surface area contributed by atoms with E-state index in [2.05, 4.69) is 15.3 Å². The molecule has 9 heteroatoms. The number of nitrogens with one attached hydrogen (secondary N) is 1. The van der Waals surface area contributed by atoms with Gasteiger partial charge in [-0.2, -0.15) is 0 Å². The number of hydrogen-bond donors (Lipinski definition) is 1. The average Bonchev–Trinajstić information content (AvgIpc) is 3.33. The molecule has 1 unspecified atom stereocenters. The number of rotatable bonds is 7. The number of thiophene rings is 1. The average molecular weight is 445 g/mol. The molecule has 0 aliphatic carbocycles. The predicted molar refractivity (Wildman–Crippen MR) is 120 cm³/mol. The Hall–Kier alpha value is -2.62. The van der Waals surface area contributed by atoms with Crippen molar-refractivity contribution in [1.82, 2.24) is 10.3 Å². The van der Waals surface area contributed by atoms with E-state index < -0.39 is 0 Å². The van der Waals surface area contributed by atoms with E-state index in [4.69, 9.17) is 4.74 Å². The first-order chi connectivity index (χ1) is 14.5. The lowest BCUT2D eigenvalue weighted by molar-refractivity contribution is 0.0969. The van der Waals surface area contributed by atoms with Gasteiger partial charge in [0.05, 0.1) is 16.2 Å². The zero-order valence-electron chi connectivity index (χ0n) is 16.6. The van der Waals surface area contributed by atoms with Crippen LogP contribution in [0.4, 0.5) is 9.52 Å². The van der Waals surface area contributed by atoms with Crippen LogP contribution in [0, 0.1) is 5.82 Å². The van der Waals surface area contributed by atoms with Gasteiger partial charge in [0.15, 0.2) is 5.13 Å². The number of nitrogens with zero attached hydrogens (tertiary/aromatic N) is 3. The quantitative estimate of drug-likeness (QED) is 0.586. The van der Waals surface area contributed by atoms with E-state index in [-0.39, 0.29) is 17.6 Å². The van der Waals surface area contributed by atoms with Crippen LogP contribution in [0.25, 0.3) is 9.53 Å². The number of carbonyl (C=O) groups excluding carboxylic acids is 1. The third kappa shape index (κ3) is 4.58. The molecule has 1 atom stereocenters. The summed E-state index contributed by atoms with van der Waals surface area (Å²) < 4.78 is 19.2. The van der Waals surface area contributed by atoms with Crippen LogP contribution in [-0.4, -0.2) is 44.4 Å². The minimum Gasteiger partial charge on any atom is -0.383 e. The van der Waals surface area contributed by atoms with Crippen LogP contribution in [0.2, 0.25) is 0 Å². The first-order valence-corrected chi connectivity index (χ1v) is 11.1. The zero-order valence-corrected chi connectivity index (χ0v) is 18.2. The Morgan fingerprint density at radius 1 is 1.33 bits per heavy atom. The van der Waals surface area contributed by atoms with Crippen LogP contribution >= 0.6 is 22.7 Å². The first kappa shape index (κ1) is 20.6. The minimum absolute atomic E-state index is 0.0797. The zero-order chi connectivity index (χ0) is 21.1. The second-order valence-corrected chi connectivity index (χ2v) is 8.95. The molecule has 0 saturated carbocycles. The van der Waals surface area contributed by atoms with E-state index in [0.717, 1.165) is 26.8 Å². The summed E-state index contributed by atoms with van der Waals surface area (Å²) in [6, 6.07) is 8.28. The molecule has 30 heavy (non-hydrogen) atoms. The highest BCUT2D eigenvalue weighted by Gasteiger charge is 2.18. The van der Waals surface area contributed by atoms with Gasteiger partial charge in [-0.25, -0.2) is 14.4 Å². The molecule has 0 saturated heterocycles. The summed E-state index contributed by atoms with van der Waals surface area (Å²) in [7, 11) is 3.65. The van der Waals surface area contributed by atoms with Gasteiger partial charge in [0, 0.05) is 32.8 Å². The molecular weight excluding hydrogens is 423 g/mol. The summed E-state index contributed by atoms with van der Waals surface area (Å²) in [5, 5.41) is 3.77. The Morgan fingerprint density at radius 2 is 2.13 bits per heavy atom. The standard InChI is InChI=1S/C21H21FN4O2S2/c1-26(9-10-28-2)21-25-20-17(30-21)11-16(29-20)19(27)24-18-8-5-14(12-23-18)13-3-6-15(22)7-4-13/h3-4,6-8,11-12,14H,5,9-10H2,1-2H3,(H,24,27). The van der Waals surface area contributed by atoms with Gasteiger partial charge in [-0.1, -0.05) is 23.5 Å². The molecule has 0 fully saturated rings. The molecule has 3 aromatic rings. The number of amides is 1. The lowest BCUT2D eigenvalue weighted by Gasteiger charge is -2.16. The van der Waals surface area contributed by atoms with Gasteiger partial charge in [0.2, 0.25) is 0 Å². The van der Waals surface area contributed by atoms with Crippen molar-refractivity contribution >= 4 is 49.5 Å². The van der Waals surface area contributed by atoms with Crippen LogP contribution in [0.3, 0.4) is 0 Å². The maximum Gasteiger partial charge on any atom is 0.267 e. The number of likely N-dealkylation sites (N-methyl/N-ethyl adjacent to an activating group) is 1. The van der Waals surface area contributed by atoms with E-state index in [1.165, 1.54) is 23.5 Å². The molecule has 1 N–H and O–H groups in total. The van der Waals surface area contributed by atoms with E-state index >= 15 is 0 Å². The third-order valence-corrected chi connectivity index (χ3v) is 7.03. The SMILES string of the molecule is COCCN(C)c1nc2sc(C(=O)NC3=CCC(c4ccc(F)cc4)C=N3)cc2s1. The monoisotopic (exact) mass is 444 g/mol. The highest BCUT2D eigenvalue weighted by Crippen LogP contribution is 2.34. The van der Waals surface area contributed by atoms with Crippen LogP contribution < -0.4 is 10.2 Å². The number of benzene rings is 1. The van der Waals surface area contributed by atoms with Crippen molar-refractivity contribution in [3.8, 4) is 0 Å². The maximum atomic E-state index is 13.1. The lowest BCUT2D eigenvalue weighted by atomic mass is 9.95. The molecule has 2 aromatic heterocycles. The molecule has 0 bridgehead atoms. The van der Waals surface area contributed by atoms with Crippen molar-refractivity contribution in [2.45, 2.75) is 12.3 Å². The van der Waals surface area contributed by atoms with Crippen molar-refractivity contribution < 1.29 is 13.9 Å². The number of methoxy groups -OCH3 is 1. The van der Waals surface area contributed by atoms with Gasteiger partial charge in [-0.05, 0) is 36.3 Å². The molecule has 4 rings (SSSR count). The minimum atomic E-state index is -0.255. The van der Waals surface area contributed by atoms with Crippen molar-refractivity contribution in [2.24, 2.45) is 4.99 Å². The van der Waals surface area contributed by atoms with Crippen molar-refractivity contribution in [3.05, 3.63) is 58.5 Å². The Balaban J connectivity index is 1.38. The van der Waals surface area contributed by atoms with E-state index in [1.807, 2.05) is 24.1 Å². The largest absolute Gasteiger partial charge is 0.383 e. The molecule has 3 heterocycles. The third-order valence-electron chi connectivity index (χ3n) is 4.76. The number of aliphatic imine (C=N–C) groups is 1. The van der Waals surface area contributed by atoms with Gasteiger partial charge in [-0.15, -0.1) is 11.3 Å². The molecule has 1 aromatic carbocycles. The fraction of sp³-hybridized carbons (Fsp3) is 0.286. The Morgan fingerprint density at radius 3 is 2.80 bits per heavy atom. The molecule has 1 aliphatic rings. The van der Waals surface area contributed by atoms with Gasteiger partial charge in [0.25, 0.3) is 5.91 Å². The number of hydrogen-bond acceptors (Lipinski definition) is 7. The molecule has 0 radical (unpaired) electrons. The summed E-state index contributed by atoms with van der Waals surface area (Å²) >= 11 is 2.93. The molecule has 156 valence electrons. The number of carbonyl (C=O) groups is 1. The maximum absolute atomic E-state index is 13.1. The fourth-order valence-electron chi connectivity index (χ4n) is 3.04. The molecule has 1 amide bonds. The topological polar surface area (TPSA) is 66.8 Å². The fourth-order valence-corrected chi connectivity index (χ4v) is 5.13. The number of halogens is 1. The van der Waals surface area contributed by atoms with Gasteiger partial charge in [0.1, 0.15) is 16.5 Å². The summed E-state index contributed by atoms with van der Waals surface area (Å²) in [6.45, 7) is 1.39. The molecule has 6 nitrogen and oxygen atoms in total. The van der Waals surface area contributed by atoms with Crippen molar-refractivity contribution in [3.63, 3.8) is 0 Å². The number of thiazole rings is 1. The van der Waals surface area contributed by atoms with E-state index in [0.29, 0.717) is 23.7 Å². The second-order valence-electron chi connectivity index (χ2n) is 6.91. The van der Waals surface area contributed by atoms with E-state index in [9.17, 15) is 9.18 Å². The first-order valence-electron chi connectivity index (χ1n) is 9.45. The Kier molecular flexibility index (Phi) is 6.21. The Labute approximate surface area is 181 Å². The highest BCUT2D eigenvalue weighted by molar-refractivity contribution is 7.29. The van der Waals surface area contributed by atoms with Crippen LogP contribution in [0.15, 0.2) is 47.2 Å². The summed E-state index contributed by atoms with van der Waals surface area (Å²) in [5.74, 6) is 0.163. The number of fused-ring (bicyclic) bond motifs is 1. The highest BCUT2D eigenvalue weighted by atomic mass is 32.1. The van der Waals surface area contributed by atoms with Crippen molar-refractivity contribution in [2.75, 3.05) is 32.2 Å². The van der Waals surface area contributed by atoms with Gasteiger partial charge in [-0.3, -0.25) is 4.79 Å². The Bertz CT molecular complexity index is 1070. The normalized spacial score (nSPS) is 16.0.